The van der Waals surface area contributed by atoms with Crippen LogP contribution in [0.3, 0.4) is 0 Å². The fourth-order valence-electron chi connectivity index (χ4n) is 6.45. The minimum atomic E-state index is -1.08. The summed E-state index contributed by atoms with van der Waals surface area (Å²) in [6.45, 7) is 0.278. The molecule has 1 saturated heterocycles. The van der Waals surface area contributed by atoms with Crippen LogP contribution in [0.1, 0.15) is 29.5 Å². The molecule has 0 aliphatic carbocycles. The number of hydrogen-bond acceptors (Lipinski definition) is 5. The number of aromatic amines is 2. The molecule has 1 aliphatic rings. The number of hydrogen-bond donors (Lipinski definition) is 6. The molecule has 0 saturated carbocycles. The molecular weight excluding hydrogens is 596 g/mol. The van der Waals surface area contributed by atoms with Crippen LogP contribution in [-0.4, -0.2) is 74.4 Å². The number of H-pyrrole nitrogens is 2. The highest BCUT2D eigenvalue weighted by molar-refractivity contribution is 5.96. The van der Waals surface area contributed by atoms with Gasteiger partial charge in [0.2, 0.25) is 17.7 Å². The standard InChI is InChI=1S/C36H38N6O5/c37-27(17-22-9-2-1-3-10-22)33(43)40-30(18-23-20-38-28-13-6-4-11-25(23)28)34(44)41-31(35(45)42-16-8-15-32(42)36(46)47)19-24-21-39-29-14-7-5-12-26(24)29/h1-7,9-14,20-21,27,30-32,38-39H,8,15-19,37H2,(H,40,43)(H,41,44)(H,46,47). The van der Waals surface area contributed by atoms with Crippen molar-refractivity contribution in [3.63, 3.8) is 0 Å². The zero-order valence-corrected chi connectivity index (χ0v) is 25.8. The van der Waals surface area contributed by atoms with E-state index >= 15 is 0 Å². The van der Waals surface area contributed by atoms with E-state index < -0.39 is 47.9 Å². The quantitative estimate of drug-likeness (QED) is 0.123. The molecule has 6 rings (SSSR count). The van der Waals surface area contributed by atoms with E-state index in [-0.39, 0.29) is 25.8 Å². The number of carboxylic acid groups (broad SMARTS) is 1. The summed E-state index contributed by atoms with van der Waals surface area (Å²) in [4.78, 5) is 61.4. The summed E-state index contributed by atoms with van der Waals surface area (Å²) in [5.74, 6) is -2.63. The number of nitrogens with two attached hydrogens (primary N) is 1. The topological polar surface area (TPSA) is 173 Å². The summed E-state index contributed by atoms with van der Waals surface area (Å²) >= 11 is 0. The number of carbonyl (C=O) groups is 4. The Morgan fingerprint density at radius 3 is 1.94 bits per heavy atom. The van der Waals surface area contributed by atoms with Crippen LogP contribution < -0.4 is 16.4 Å². The number of aromatic nitrogens is 2. The van der Waals surface area contributed by atoms with Crippen molar-refractivity contribution in [2.24, 2.45) is 5.73 Å². The fraction of sp³-hybridized carbons (Fsp3) is 0.278. The smallest absolute Gasteiger partial charge is 0.326 e. The summed E-state index contributed by atoms with van der Waals surface area (Å²) in [5.41, 5.74) is 10.6. The SMILES string of the molecule is NC(Cc1ccccc1)C(=O)NC(Cc1c[nH]c2ccccc12)C(=O)NC(Cc1c[nH]c2ccccc12)C(=O)N1CCCC1C(=O)O. The lowest BCUT2D eigenvalue weighted by molar-refractivity contribution is -0.149. The van der Waals surface area contributed by atoms with Crippen LogP contribution in [0.15, 0.2) is 91.3 Å². The monoisotopic (exact) mass is 634 g/mol. The van der Waals surface area contributed by atoms with E-state index in [1.807, 2.05) is 78.9 Å². The van der Waals surface area contributed by atoms with Gasteiger partial charge in [0.05, 0.1) is 6.04 Å². The summed E-state index contributed by atoms with van der Waals surface area (Å²) in [6, 6.07) is 20.6. The molecule has 7 N–H and O–H groups in total. The molecule has 0 bridgehead atoms. The minimum absolute atomic E-state index is 0.124. The highest BCUT2D eigenvalue weighted by Crippen LogP contribution is 2.24. The Morgan fingerprint density at radius 2 is 1.32 bits per heavy atom. The maximum atomic E-state index is 14.2. The first-order valence-corrected chi connectivity index (χ1v) is 15.8. The molecule has 5 aromatic rings. The number of nitrogens with zero attached hydrogens (tertiary/aromatic N) is 1. The minimum Gasteiger partial charge on any atom is -0.480 e. The molecule has 0 radical (unpaired) electrons. The predicted molar refractivity (Wildman–Crippen MR) is 178 cm³/mol. The van der Waals surface area contributed by atoms with E-state index in [2.05, 4.69) is 20.6 Å². The van der Waals surface area contributed by atoms with Crippen LogP contribution in [0.25, 0.3) is 21.8 Å². The second kappa shape index (κ2) is 13.9. The van der Waals surface area contributed by atoms with Crippen molar-refractivity contribution in [2.75, 3.05) is 6.54 Å². The Hall–Kier alpha value is -5.42. The molecule has 242 valence electrons. The largest absolute Gasteiger partial charge is 0.480 e. The maximum Gasteiger partial charge on any atom is 0.326 e. The van der Waals surface area contributed by atoms with Crippen LogP contribution in [0.5, 0.6) is 0 Å². The van der Waals surface area contributed by atoms with Gasteiger partial charge in [-0.2, -0.15) is 0 Å². The van der Waals surface area contributed by atoms with Gasteiger partial charge in [-0.1, -0.05) is 66.7 Å². The van der Waals surface area contributed by atoms with Crippen molar-refractivity contribution in [3.8, 4) is 0 Å². The number of carboxylic acids is 1. The molecule has 1 fully saturated rings. The number of amides is 3. The average molecular weight is 635 g/mol. The van der Waals surface area contributed by atoms with Crippen LogP contribution in [-0.2, 0) is 38.4 Å². The molecule has 4 atom stereocenters. The zero-order valence-electron chi connectivity index (χ0n) is 25.8. The van der Waals surface area contributed by atoms with Gasteiger partial charge < -0.3 is 36.3 Å². The van der Waals surface area contributed by atoms with E-state index in [0.717, 1.165) is 38.5 Å². The molecule has 11 heteroatoms. The molecule has 3 heterocycles. The Kier molecular flexibility index (Phi) is 9.35. The molecule has 3 amide bonds. The normalized spacial score (nSPS) is 16.5. The molecule has 2 aromatic heterocycles. The van der Waals surface area contributed by atoms with Crippen LogP contribution in [0.2, 0.25) is 0 Å². The molecule has 4 unspecified atom stereocenters. The first-order chi connectivity index (χ1) is 22.8. The van der Waals surface area contributed by atoms with Crippen molar-refractivity contribution in [1.29, 1.82) is 0 Å². The molecule has 0 spiro atoms. The van der Waals surface area contributed by atoms with Crippen LogP contribution in [0.4, 0.5) is 0 Å². The molecule has 11 nitrogen and oxygen atoms in total. The zero-order chi connectivity index (χ0) is 32.9. The average Bonchev–Trinajstić information content (AvgIpc) is 3.83. The highest BCUT2D eigenvalue weighted by Gasteiger charge is 2.39. The van der Waals surface area contributed by atoms with E-state index in [9.17, 15) is 24.3 Å². The van der Waals surface area contributed by atoms with Gasteiger partial charge in [-0.25, -0.2) is 4.79 Å². The summed E-state index contributed by atoms with van der Waals surface area (Å²) in [5, 5.41) is 17.4. The van der Waals surface area contributed by atoms with Crippen LogP contribution in [0, 0.1) is 0 Å². The number of likely N-dealkylation sites (tertiary alicyclic amines) is 1. The summed E-state index contributed by atoms with van der Waals surface area (Å²) in [7, 11) is 0. The first-order valence-electron chi connectivity index (χ1n) is 15.8. The van der Waals surface area contributed by atoms with Crippen molar-refractivity contribution < 1.29 is 24.3 Å². The molecule has 1 aliphatic heterocycles. The van der Waals surface area contributed by atoms with E-state index in [1.54, 1.807) is 12.4 Å². The second-order valence-corrected chi connectivity index (χ2v) is 12.1. The predicted octanol–water partition coefficient (Wildman–Crippen LogP) is 3.05. The van der Waals surface area contributed by atoms with Crippen molar-refractivity contribution in [2.45, 2.75) is 56.3 Å². The number of fused-ring (bicyclic) bond motifs is 2. The summed E-state index contributed by atoms with van der Waals surface area (Å²) in [6.07, 6.45) is 5.03. The number of rotatable bonds is 12. The molecular formula is C36H38N6O5. The van der Waals surface area contributed by atoms with Gasteiger partial charge >= 0.3 is 5.97 Å². The van der Waals surface area contributed by atoms with Gasteiger partial charge in [0, 0.05) is 53.6 Å². The number of aliphatic carboxylic acids is 1. The third kappa shape index (κ3) is 7.05. The van der Waals surface area contributed by atoms with Gasteiger partial charge in [-0.05, 0) is 48.1 Å². The number of carbonyl (C=O) groups excluding carboxylic acids is 3. The van der Waals surface area contributed by atoms with Gasteiger partial charge in [0.1, 0.15) is 18.1 Å². The first kappa shape index (κ1) is 31.6. The number of para-hydroxylation sites is 2. The van der Waals surface area contributed by atoms with E-state index in [4.69, 9.17) is 5.73 Å². The maximum absolute atomic E-state index is 14.2. The lowest BCUT2D eigenvalue weighted by atomic mass is 10.0. The van der Waals surface area contributed by atoms with Crippen molar-refractivity contribution in [1.82, 2.24) is 25.5 Å². The van der Waals surface area contributed by atoms with Gasteiger partial charge in [0.15, 0.2) is 0 Å². The number of benzene rings is 3. The number of nitrogens with one attached hydrogen (secondary N) is 4. The van der Waals surface area contributed by atoms with E-state index in [1.165, 1.54) is 4.90 Å². The molecule has 3 aromatic carbocycles. The Bertz CT molecular complexity index is 1900. The fourth-order valence-corrected chi connectivity index (χ4v) is 6.45. The Balaban J connectivity index is 1.29. The molecule has 47 heavy (non-hydrogen) atoms. The lowest BCUT2D eigenvalue weighted by Crippen LogP contribution is -2.58. The Morgan fingerprint density at radius 1 is 0.766 bits per heavy atom. The van der Waals surface area contributed by atoms with Crippen LogP contribution >= 0.6 is 0 Å². The highest BCUT2D eigenvalue weighted by atomic mass is 16.4. The Labute approximate surface area is 271 Å². The van der Waals surface area contributed by atoms with Crippen molar-refractivity contribution in [3.05, 3.63) is 108 Å². The van der Waals surface area contributed by atoms with Crippen molar-refractivity contribution >= 4 is 45.5 Å². The van der Waals surface area contributed by atoms with E-state index in [0.29, 0.717) is 12.8 Å². The third-order valence-corrected chi connectivity index (χ3v) is 8.90. The second-order valence-electron chi connectivity index (χ2n) is 12.1. The summed E-state index contributed by atoms with van der Waals surface area (Å²) < 4.78 is 0. The third-order valence-electron chi connectivity index (χ3n) is 8.90. The van der Waals surface area contributed by atoms with Gasteiger partial charge in [-0.3, -0.25) is 14.4 Å². The van der Waals surface area contributed by atoms with Gasteiger partial charge in [0.25, 0.3) is 0 Å². The van der Waals surface area contributed by atoms with Gasteiger partial charge in [-0.15, -0.1) is 0 Å². The lowest BCUT2D eigenvalue weighted by Gasteiger charge is -2.29.